The number of hydrogen-bond acceptors (Lipinski definition) is 2. The first kappa shape index (κ1) is 13.6. The predicted octanol–water partition coefficient (Wildman–Crippen LogP) is 3.21. The van der Waals surface area contributed by atoms with Crippen LogP contribution in [0.3, 0.4) is 0 Å². The Morgan fingerprint density at radius 2 is 1.83 bits per heavy atom. The molecule has 0 spiro atoms. The van der Waals surface area contributed by atoms with Crippen LogP contribution in [0.4, 0.5) is 0 Å². The monoisotopic (exact) mass is 246 g/mol. The molecule has 0 aliphatic carbocycles. The lowest BCUT2D eigenvalue weighted by atomic mass is 9.86. The van der Waals surface area contributed by atoms with Crippen LogP contribution >= 0.6 is 0 Å². The summed E-state index contributed by atoms with van der Waals surface area (Å²) in [7, 11) is 0. The summed E-state index contributed by atoms with van der Waals surface area (Å²) in [6, 6.07) is 11.3. The van der Waals surface area contributed by atoms with Crippen LogP contribution in [0.1, 0.15) is 45.2 Å². The highest BCUT2D eigenvalue weighted by Crippen LogP contribution is 2.30. The van der Waals surface area contributed by atoms with Gasteiger partial charge in [-0.25, -0.2) is 0 Å². The van der Waals surface area contributed by atoms with Crippen molar-refractivity contribution in [3.63, 3.8) is 0 Å². The van der Waals surface area contributed by atoms with Crippen LogP contribution in [0.2, 0.25) is 0 Å². The zero-order valence-electron chi connectivity index (χ0n) is 11.9. The molecule has 0 radical (unpaired) electrons. The maximum Gasteiger partial charge on any atom is 0.0450 e. The van der Waals surface area contributed by atoms with E-state index in [1.54, 1.807) is 0 Å². The lowest BCUT2D eigenvalue weighted by Crippen LogP contribution is -2.61. The van der Waals surface area contributed by atoms with E-state index in [0.29, 0.717) is 11.6 Å². The van der Waals surface area contributed by atoms with Gasteiger partial charge in [0.25, 0.3) is 0 Å². The average molecular weight is 246 g/mol. The molecule has 1 fully saturated rings. The highest BCUT2D eigenvalue weighted by Gasteiger charge is 2.38. The first-order chi connectivity index (χ1) is 8.75. The molecule has 1 N–H and O–H groups in total. The van der Waals surface area contributed by atoms with E-state index in [1.807, 2.05) is 0 Å². The Morgan fingerprint density at radius 3 is 2.39 bits per heavy atom. The number of likely N-dealkylation sites (N-methyl/N-ethyl adjacent to an activating group) is 1. The Kier molecular flexibility index (Phi) is 4.41. The van der Waals surface area contributed by atoms with E-state index >= 15 is 0 Å². The van der Waals surface area contributed by atoms with Crippen LogP contribution in [0.5, 0.6) is 0 Å². The van der Waals surface area contributed by atoms with Crippen LogP contribution in [0.25, 0.3) is 0 Å². The fourth-order valence-electron chi connectivity index (χ4n) is 3.22. The third-order valence-corrected chi connectivity index (χ3v) is 4.65. The summed E-state index contributed by atoms with van der Waals surface area (Å²) in [5.41, 5.74) is 1.77. The molecule has 18 heavy (non-hydrogen) atoms. The second-order valence-corrected chi connectivity index (χ2v) is 5.31. The molecule has 1 aromatic rings. The maximum atomic E-state index is 3.75. The highest BCUT2D eigenvalue weighted by atomic mass is 15.3. The second-order valence-electron chi connectivity index (χ2n) is 5.31. The standard InChI is InChI=1S/C16H26N2/c1-4-16(5-2)13-17-15(12-18(16)6-3)14-10-8-7-9-11-14/h7-11,15,17H,4-6,12-13H2,1-3H3. The van der Waals surface area contributed by atoms with E-state index in [0.717, 1.165) is 19.6 Å². The molecule has 0 amide bonds. The Hall–Kier alpha value is -0.860. The molecular weight excluding hydrogens is 220 g/mol. The average Bonchev–Trinajstić information content (AvgIpc) is 2.47. The summed E-state index contributed by atoms with van der Waals surface area (Å²) in [6.45, 7) is 10.3. The molecule has 0 saturated carbocycles. The van der Waals surface area contributed by atoms with E-state index in [1.165, 1.54) is 18.4 Å². The Balaban J connectivity index is 2.14. The van der Waals surface area contributed by atoms with Gasteiger partial charge in [0.15, 0.2) is 0 Å². The van der Waals surface area contributed by atoms with Crippen molar-refractivity contribution in [1.29, 1.82) is 0 Å². The molecule has 2 heteroatoms. The van der Waals surface area contributed by atoms with Gasteiger partial charge in [0, 0.05) is 24.7 Å². The number of benzene rings is 1. The van der Waals surface area contributed by atoms with Gasteiger partial charge in [-0.1, -0.05) is 51.1 Å². The van der Waals surface area contributed by atoms with E-state index in [2.05, 4.69) is 61.3 Å². The number of hydrogen-bond donors (Lipinski definition) is 1. The van der Waals surface area contributed by atoms with Crippen LogP contribution in [0.15, 0.2) is 30.3 Å². The minimum atomic E-state index is 0.361. The van der Waals surface area contributed by atoms with Crippen LogP contribution in [0, 0.1) is 0 Å². The van der Waals surface area contributed by atoms with Crippen molar-refractivity contribution in [2.45, 2.75) is 45.2 Å². The molecule has 1 saturated heterocycles. The van der Waals surface area contributed by atoms with Gasteiger partial charge < -0.3 is 5.32 Å². The first-order valence-electron chi connectivity index (χ1n) is 7.29. The Labute approximate surface area is 111 Å². The number of piperazine rings is 1. The largest absolute Gasteiger partial charge is 0.307 e. The minimum absolute atomic E-state index is 0.361. The van der Waals surface area contributed by atoms with Gasteiger partial charge in [0.2, 0.25) is 0 Å². The Morgan fingerprint density at radius 1 is 1.17 bits per heavy atom. The number of nitrogens with zero attached hydrogens (tertiary/aromatic N) is 1. The van der Waals surface area contributed by atoms with Gasteiger partial charge in [-0.2, -0.15) is 0 Å². The summed E-state index contributed by atoms with van der Waals surface area (Å²) < 4.78 is 0. The lowest BCUT2D eigenvalue weighted by Gasteiger charge is -2.49. The molecule has 100 valence electrons. The second kappa shape index (κ2) is 5.85. The smallest absolute Gasteiger partial charge is 0.0450 e. The summed E-state index contributed by atoms with van der Waals surface area (Å²) in [4.78, 5) is 2.67. The van der Waals surface area contributed by atoms with Gasteiger partial charge >= 0.3 is 0 Å². The van der Waals surface area contributed by atoms with Crippen LogP contribution < -0.4 is 5.32 Å². The number of rotatable bonds is 4. The highest BCUT2D eigenvalue weighted by molar-refractivity contribution is 5.20. The molecule has 1 unspecified atom stereocenters. The molecule has 0 bridgehead atoms. The van der Waals surface area contributed by atoms with E-state index < -0.39 is 0 Å². The Bertz CT molecular complexity index is 357. The molecule has 1 heterocycles. The summed E-state index contributed by atoms with van der Waals surface area (Å²) >= 11 is 0. The predicted molar refractivity (Wildman–Crippen MR) is 77.7 cm³/mol. The fourth-order valence-corrected chi connectivity index (χ4v) is 3.22. The maximum absolute atomic E-state index is 3.75. The molecule has 0 aromatic heterocycles. The third-order valence-electron chi connectivity index (χ3n) is 4.65. The van der Waals surface area contributed by atoms with Crippen molar-refractivity contribution < 1.29 is 0 Å². The van der Waals surface area contributed by atoms with Crippen LogP contribution in [-0.4, -0.2) is 30.1 Å². The van der Waals surface area contributed by atoms with Gasteiger partial charge in [0.05, 0.1) is 0 Å². The zero-order valence-corrected chi connectivity index (χ0v) is 11.9. The lowest BCUT2D eigenvalue weighted by molar-refractivity contribution is 0.0361. The molecule has 1 aliphatic rings. The fraction of sp³-hybridized carbons (Fsp3) is 0.625. The molecular formula is C16H26N2. The first-order valence-corrected chi connectivity index (χ1v) is 7.29. The van der Waals surface area contributed by atoms with Gasteiger partial charge in [-0.3, -0.25) is 4.90 Å². The quantitative estimate of drug-likeness (QED) is 0.877. The summed E-state index contributed by atoms with van der Waals surface area (Å²) in [6.07, 6.45) is 2.46. The van der Waals surface area contributed by atoms with Gasteiger partial charge in [-0.15, -0.1) is 0 Å². The normalized spacial score (nSPS) is 24.1. The van der Waals surface area contributed by atoms with Gasteiger partial charge in [0.1, 0.15) is 0 Å². The molecule has 2 rings (SSSR count). The minimum Gasteiger partial charge on any atom is -0.307 e. The van der Waals surface area contributed by atoms with E-state index in [-0.39, 0.29) is 0 Å². The number of nitrogens with one attached hydrogen (secondary N) is 1. The molecule has 1 aromatic carbocycles. The summed E-state index contributed by atoms with van der Waals surface area (Å²) in [5.74, 6) is 0. The van der Waals surface area contributed by atoms with Gasteiger partial charge in [-0.05, 0) is 24.9 Å². The zero-order chi connectivity index (χ0) is 13.0. The molecule has 1 atom stereocenters. The van der Waals surface area contributed by atoms with Crippen LogP contribution in [-0.2, 0) is 0 Å². The van der Waals surface area contributed by atoms with Crippen molar-refractivity contribution in [2.24, 2.45) is 0 Å². The van der Waals surface area contributed by atoms with E-state index in [9.17, 15) is 0 Å². The third kappa shape index (κ3) is 2.45. The topological polar surface area (TPSA) is 15.3 Å². The SMILES string of the molecule is CCN1CC(c2ccccc2)NCC1(CC)CC. The van der Waals surface area contributed by atoms with E-state index in [4.69, 9.17) is 0 Å². The van der Waals surface area contributed by atoms with Crippen molar-refractivity contribution in [3.05, 3.63) is 35.9 Å². The van der Waals surface area contributed by atoms with Crippen molar-refractivity contribution >= 4 is 0 Å². The molecule has 2 nitrogen and oxygen atoms in total. The van der Waals surface area contributed by atoms with Crippen molar-refractivity contribution in [2.75, 3.05) is 19.6 Å². The molecule has 1 aliphatic heterocycles. The van der Waals surface area contributed by atoms with Crippen molar-refractivity contribution in [1.82, 2.24) is 10.2 Å². The summed E-state index contributed by atoms with van der Waals surface area (Å²) in [5, 5.41) is 3.75. The van der Waals surface area contributed by atoms with Crippen molar-refractivity contribution in [3.8, 4) is 0 Å².